The first-order chi connectivity index (χ1) is 14.3. The van der Waals surface area contributed by atoms with Gasteiger partial charge in [0, 0.05) is 35.3 Å². The van der Waals surface area contributed by atoms with Crippen molar-refractivity contribution in [2.75, 3.05) is 24.7 Å². The van der Waals surface area contributed by atoms with Gasteiger partial charge in [-0.25, -0.2) is 12.8 Å². The summed E-state index contributed by atoms with van der Waals surface area (Å²) in [4.78, 5) is 12.6. The molecule has 2 atom stereocenters. The first-order valence-corrected chi connectivity index (χ1v) is 11.7. The van der Waals surface area contributed by atoms with E-state index in [1.54, 1.807) is 35.2 Å². The highest BCUT2D eigenvalue weighted by atomic mass is 35.5. The average Bonchev–Trinajstić information content (AvgIpc) is 3.08. The highest BCUT2D eigenvalue weighted by molar-refractivity contribution is 7.91. The number of ether oxygens (including phenoxy) is 1. The monoisotopic (exact) mass is 455 g/mol. The number of aliphatic hydroxyl groups excluding tert-OH is 1. The maximum Gasteiger partial charge on any atom is 0.151 e. The number of hydrogen-bond acceptors (Lipinski definition) is 6. The largest absolute Gasteiger partial charge is 0.491 e. The molecule has 30 heavy (non-hydrogen) atoms. The molecule has 0 aromatic heterocycles. The van der Waals surface area contributed by atoms with E-state index >= 15 is 0 Å². The number of carbonyl (C=O) groups excluding carboxylic acids is 1. The van der Waals surface area contributed by atoms with Crippen LogP contribution in [-0.2, 0) is 16.4 Å². The van der Waals surface area contributed by atoms with Gasteiger partial charge in [-0.3, -0.25) is 9.69 Å². The second-order valence-corrected chi connectivity index (χ2v) is 9.98. The summed E-state index contributed by atoms with van der Waals surface area (Å²) in [5.41, 5.74) is 0.712. The molecular weight excluding hydrogens is 433 g/mol. The maximum absolute atomic E-state index is 14.3. The predicted molar refractivity (Wildman–Crippen MR) is 112 cm³/mol. The van der Waals surface area contributed by atoms with Gasteiger partial charge in [-0.1, -0.05) is 29.8 Å². The van der Waals surface area contributed by atoms with Crippen molar-refractivity contribution in [1.82, 2.24) is 4.90 Å². The van der Waals surface area contributed by atoms with E-state index in [4.69, 9.17) is 16.3 Å². The minimum absolute atomic E-state index is 0.0476. The summed E-state index contributed by atoms with van der Waals surface area (Å²) < 4.78 is 43.7. The molecule has 0 aliphatic carbocycles. The molecule has 1 saturated heterocycles. The number of halogens is 2. The first kappa shape index (κ1) is 22.7. The number of aldehydes is 1. The SMILES string of the molecule is O=Cc1cccc(OCC(O)CN(Cc2c(F)cccc2Cl)C2CCS(=O)(=O)C2)c1. The summed E-state index contributed by atoms with van der Waals surface area (Å²) in [7, 11) is -3.17. The molecule has 0 amide bonds. The Morgan fingerprint density at radius 2 is 2.07 bits per heavy atom. The van der Waals surface area contributed by atoms with Crippen LogP contribution in [0.25, 0.3) is 0 Å². The highest BCUT2D eigenvalue weighted by Gasteiger charge is 2.33. The summed E-state index contributed by atoms with van der Waals surface area (Å²) in [6, 6.07) is 10.5. The molecule has 1 aliphatic rings. The molecule has 1 N–H and O–H groups in total. The molecule has 0 bridgehead atoms. The number of benzene rings is 2. The average molecular weight is 456 g/mol. The fraction of sp³-hybridized carbons (Fsp3) is 0.381. The Bertz CT molecular complexity index is 980. The third-order valence-corrected chi connectivity index (χ3v) is 7.13. The molecule has 6 nitrogen and oxygen atoms in total. The molecule has 0 spiro atoms. The normalized spacial score (nSPS) is 19.0. The van der Waals surface area contributed by atoms with Crippen LogP contribution in [0.2, 0.25) is 5.02 Å². The zero-order chi connectivity index (χ0) is 21.7. The zero-order valence-corrected chi connectivity index (χ0v) is 17.8. The lowest BCUT2D eigenvalue weighted by Gasteiger charge is -2.30. The van der Waals surface area contributed by atoms with Crippen LogP contribution in [-0.4, -0.2) is 61.5 Å². The molecule has 1 fully saturated rings. The van der Waals surface area contributed by atoms with Crippen LogP contribution in [0.5, 0.6) is 5.75 Å². The molecule has 2 aromatic carbocycles. The standard InChI is InChI=1S/C21H23ClFNO5S/c22-20-5-2-6-21(23)19(20)11-24(16-7-8-30(27,28)14-16)10-17(26)13-29-18-4-1-3-15(9-18)12-25/h1-6,9,12,16-17,26H,7-8,10-11,13-14H2. The van der Waals surface area contributed by atoms with Gasteiger partial charge in [0.1, 0.15) is 30.6 Å². The molecule has 1 aliphatic heterocycles. The van der Waals surface area contributed by atoms with Crippen LogP contribution >= 0.6 is 11.6 Å². The summed E-state index contributed by atoms with van der Waals surface area (Å²) in [6.07, 6.45) is 0.145. The van der Waals surface area contributed by atoms with Crippen molar-refractivity contribution in [1.29, 1.82) is 0 Å². The van der Waals surface area contributed by atoms with E-state index in [1.807, 2.05) is 0 Å². The predicted octanol–water partition coefficient (Wildman–Crippen LogP) is 2.72. The fourth-order valence-corrected chi connectivity index (χ4v) is 5.47. The van der Waals surface area contributed by atoms with Crippen molar-refractivity contribution in [3.05, 3.63) is 64.4 Å². The maximum atomic E-state index is 14.3. The lowest BCUT2D eigenvalue weighted by Crippen LogP contribution is -2.42. The quantitative estimate of drug-likeness (QED) is 0.585. The van der Waals surface area contributed by atoms with Crippen molar-refractivity contribution in [3.63, 3.8) is 0 Å². The fourth-order valence-electron chi connectivity index (χ4n) is 3.49. The van der Waals surface area contributed by atoms with Gasteiger partial charge in [-0.2, -0.15) is 0 Å². The smallest absolute Gasteiger partial charge is 0.151 e. The van der Waals surface area contributed by atoms with Gasteiger partial charge in [-0.05, 0) is 30.7 Å². The summed E-state index contributed by atoms with van der Waals surface area (Å²) in [5.74, 6) is -0.0336. The van der Waals surface area contributed by atoms with Crippen molar-refractivity contribution in [3.8, 4) is 5.75 Å². The van der Waals surface area contributed by atoms with E-state index < -0.39 is 21.8 Å². The molecule has 3 rings (SSSR count). The number of aliphatic hydroxyl groups is 1. The second kappa shape index (κ2) is 9.87. The number of carbonyl (C=O) groups is 1. The Labute approximate surface area is 180 Å². The topological polar surface area (TPSA) is 83.9 Å². The molecule has 0 saturated carbocycles. The van der Waals surface area contributed by atoms with Crippen LogP contribution in [0.3, 0.4) is 0 Å². The van der Waals surface area contributed by atoms with Crippen LogP contribution in [0.1, 0.15) is 22.3 Å². The van der Waals surface area contributed by atoms with Gasteiger partial charge in [0.15, 0.2) is 9.84 Å². The van der Waals surface area contributed by atoms with Crippen molar-refractivity contribution >= 4 is 27.7 Å². The molecule has 2 unspecified atom stereocenters. The molecule has 1 heterocycles. The summed E-state index contributed by atoms with van der Waals surface area (Å²) in [5, 5.41) is 10.7. The van der Waals surface area contributed by atoms with Gasteiger partial charge in [-0.15, -0.1) is 0 Å². The van der Waals surface area contributed by atoms with E-state index in [9.17, 15) is 22.7 Å². The lowest BCUT2D eigenvalue weighted by molar-refractivity contribution is 0.0520. The second-order valence-electron chi connectivity index (χ2n) is 7.34. The number of nitrogens with zero attached hydrogens (tertiary/aromatic N) is 1. The van der Waals surface area contributed by atoms with Crippen LogP contribution in [0.4, 0.5) is 4.39 Å². The van der Waals surface area contributed by atoms with Gasteiger partial charge in [0.2, 0.25) is 0 Å². The molecule has 9 heteroatoms. The summed E-state index contributed by atoms with van der Waals surface area (Å²) in [6.45, 7) is 0.0882. The zero-order valence-electron chi connectivity index (χ0n) is 16.2. The molecular formula is C21H23ClFNO5S. The number of hydrogen-bond donors (Lipinski definition) is 1. The minimum atomic E-state index is -3.17. The van der Waals surface area contributed by atoms with Crippen molar-refractivity contribution < 1.29 is 27.4 Å². The first-order valence-electron chi connectivity index (χ1n) is 9.51. The Balaban J connectivity index is 1.70. The van der Waals surface area contributed by atoms with E-state index in [0.29, 0.717) is 24.0 Å². The van der Waals surface area contributed by atoms with Gasteiger partial charge >= 0.3 is 0 Å². The lowest BCUT2D eigenvalue weighted by atomic mass is 10.1. The Morgan fingerprint density at radius 3 is 2.73 bits per heavy atom. The van der Waals surface area contributed by atoms with Crippen molar-refractivity contribution in [2.24, 2.45) is 0 Å². The highest BCUT2D eigenvalue weighted by Crippen LogP contribution is 2.25. The van der Waals surface area contributed by atoms with Crippen molar-refractivity contribution in [2.45, 2.75) is 25.1 Å². The molecule has 162 valence electrons. The van der Waals surface area contributed by atoms with Crippen LogP contribution in [0, 0.1) is 5.82 Å². The van der Waals surface area contributed by atoms with Gasteiger partial charge in [0.05, 0.1) is 11.5 Å². The van der Waals surface area contributed by atoms with Crippen LogP contribution < -0.4 is 4.74 Å². The Kier molecular flexibility index (Phi) is 7.46. The Hall–Kier alpha value is -2.00. The molecule has 2 aromatic rings. The number of rotatable bonds is 9. The third-order valence-electron chi connectivity index (χ3n) is 5.03. The van der Waals surface area contributed by atoms with E-state index in [1.165, 1.54) is 12.1 Å². The Morgan fingerprint density at radius 1 is 1.30 bits per heavy atom. The van der Waals surface area contributed by atoms with E-state index in [2.05, 4.69) is 0 Å². The van der Waals surface area contributed by atoms with Crippen LogP contribution in [0.15, 0.2) is 42.5 Å². The van der Waals surface area contributed by atoms with Gasteiger partial charge in [0.25, 0.3) is 0 Å². The van der Waals surface area contributed by atoms with Gasteiger partial charge < -0.3 is 9.84 Å². The molecule has 0 radical (unpaired) electrons. The minimum Gasteiger partial charge on any atom is -0.491 e. The third kappa shape index (κ3) is 6.01. The summed E-state index contributed by atoms with van der Waals surface area (Å²) >= 11 is 6.14. The van der Waals surface area contributed by atoms with E-state index in [0.717, 1.165) is 0 Å². The number of sulfone groups is 1. The van der Waals surface area contributed by atoms with E-state index in [-0.39, 0.29) is 47.8 Å².